The molecule has 1 aromatic rings. The summed E-state index contributed by atoms with van der Waals surface area (Å²) in [6.45, 7) is 0.380. The zero-order valence-electron chi connectivity index (χ0n) is 13.4. The topological polar surface area (TPSA) is 119 Å². The second-order valence-corrected chi connectivity index (χ2v) is 7.71. The molecule has 1 atom stereocenters. The number of nitrogens with one attached hydrogen (secondary N) is 1. The van der Waals surface area contributed by atoms with Gasteiger partial charge in [0.25, 0.3) is 5.91 Å². The Kier molecular flexibility index (Phi) is 5.79. The van der Waals surface area contributed by atoms with Crippen LogP contribution in [0.4, 0.5) is 5.69 Å². The van der Waals surface area contributed by atoms with Gasteiger partial charge in [-0.15, -0.1) is 0 Å². The summed E-state index contributed by atoms with van der Waals surface area (Å²) in [4.78, 5) is 23.1. The molecule has 1 heterocycles. The number of nitrogens with two attached hydrogens (primary N) is 1. The number of primary amides is 1. The van der Waals surface area contributed by atoms with Gasteiger partial charge < -0.3 is 15.8 Å². The number of anilines is 1. The van der Waals surface area contributed by atoms with Gasteiger partial charge in [0.05, 0.1) is 12.2 Å². The van der Waals surface area contributed by atoms with Crippen molar-refractivity contribution in [1.29, 1.82) is 0 Å². The highest BCUT2D eigenvalue weighted by molar-refractivity contribution is 7.88. The Hall–Kier alpha value is -2.13. The molecule has 0 radical (unpaired) electrons. The number of hydrogen-bond acceptors (Lipinski definition) is 5. The Morgan fingerprint density at radius 3 is 2.83 bits per heavy atom. The number of ether oxygens (including phenoxy) is 1. The molecule has 0 aliphatic carbocycles. The SMILES string of the molecule is CS(=O)(=O)N1CCCC(C(=O)Nc2cccc(OCC(N)=O)c2)C1. The van der Waals surface area contributed by atoms with E-state index in [1.165, 1.54) is 4.31 Å². The summed E-state index contributed by atoms with van der Waals surface area (Å²) in [5.74, 6) is -0.820. The second kappa shape index (κ2) is 7.63. The molecule has 1 aromatic carbocycles. The van der Waals surface area contributed by atoms with Crippen LogP contribution < -0.4 is 15.8 Å². The first-order valence-corrected chi connectivity index (χ1v) is 9.37. The van der Waals surface area contributed by atoms with Gasteiger partial charge in [0.2, 0.25) is 15.9 Å². The molecule has 8 nitrogen and oxygen atoms in total. The lowest BCUT2D eigenvalue weighted by Crippen LogP contribution is -2.43. The molecule has 24 heavy (non-hydrogen) atoms. The average molecular weight is 355 g/mol. The first-order chi connectivity index (χ1) is 11.3. The Balaban J connectivity index is 1.99. The van der Waals surface area contributed by atoms with Crippen molar-refractivity contribution in [3.8, 4) is 5.75 Å². The second-order valence-electron chi connectivity index (χ2n) is 5.73. The van der Waals surface area contributed by atoms with Gasteiger partial charge in [-0.2, -0.15) is 0 Å². The molecular weight excluding hydrogens is 334 g/mol. The van der Waals surface area contributed by atoms with Crippen LogP contribution in [0.2, 0.25) is 0 Å². The zero-order chi connectivity index (χ0) is 17.7. The smallest absolute Gasteiger partial charge is 0.255 e. The fraction of sp³-hybridized carbons (Fsp3) is 0.467. The number of carbonyl (C=O) groups is 2. The number of carbonyl (C=O) groups excluding carboxylic acids is 2. The van der Waals surface area contributed by atoms with Crippen LogP contribution in [0.3, 0.4) is 0 Å². The minimum absolute atomic E-state index is 0.183. The Labute approximate surface area is 141 Å². The highest BCUT2D eigenvalue weighted by Crippen LogP contribution is 2.22. The van der Waals surface area contributed by atoms with E-state index in [1.807, 2.05) is 0 Å². The predicted octanol–water partition coefficient (Wildman–Crippen LogP) is 0.161. The predicted molar refractivity (Wildman–Crippen MR) is 88.9 cm³/mol. The van der Waals surface area contributed by atoms with Crippen molar-refractivity contribution in [1.82, 2.24) is 4.31 Å². The average Bonchev–Trinajstić information content (AvgIpc) is 2.52. The van der Waals surface area contributed by atoms with Crippen LogP contribution in [-0.2, 0) is 19.6 Å². The monoisotopic (exact) mass is 355 g/mol. The minimum Gasteiger partial charge on any atom is -0.484 e. The fourth-order valence-electron chi connectivity index (χ4n) is 2.52. The highest BCUT2D eigenvalue weighted by atomic mass is 32.2. The molecule has 2 rings (SSSR count). The molecule has 1 aliphatic heterocycles. The summed E-state index contributed by atoms with van der Waals surface area (Å²) in [5.41, 5.74) is 5.53. The summed E-state index contributed by atoms with van der Waals surface area (Å²) >= 11 is 0. The van der Waals surface area contributed by atoms with Crippen molar-refractivity contribution >= 4 is 27.5 Å². The number of benzene rings is 1. The van der Waals surface area contributed by atoms with Gasteiger partial charge in [0.15, 0.2) is 6.61 Å². The maximum Gasteiger partial charge on any atom is 0.255 e. The molecule has 1 unspecified atom stereocenters. The lowest BCUT2D eigenvalue weighted by molar-refractivity contribution is -0.121. The third kappa shape index (κ3) is 5.20. The Morgan fingerprint density at radius 1 is 1.42 bits per heavy atom. The van der Waals surface area contributed by atoms with E-state index in [0.29, 0.717) is 30.8 Å². The number of piperidine rings is 1. The third-order valence-corrected chi connectivity index (χ3v) is 4.98. The van der Waals surface area contributed by atoms with Crippen molar-refractivity contribution < 1.29 is 22.7 Å². The molecule has 9 heteroatoms. The van der Waals surface area contributed by atoms with Gasteiger partial charge in [-0.25, -0.2) is 12.7 Å². The van der Waals surface area contributed by atoms with Gasteiger partial charge >= 0.3 is 0 Å². The lowest BCUT2D eigenvalue weighted by Gasteiger charge is -2.30. The molecule has 1 saturated heterocycles. The quantitative estimate of drug-likeness (QED) is 0.753. The molecule has 3 N–H and O–H groups in total. The normalized spacial score (nSPS) is 18.8. The molecule has 0 bridgehead atoms. The maximum atomic E-state index is 12.4. The third-order valence-electron chi connectivity index (χ3n) is 3.71. The van der Waals surface area contributed by atoms with E-state index in [2.05, 4.69) is 5.32 Å². The van der Waals surface area contributed by atoms with Gasteiger partial charge in [-0.05, 0) is 25.0 Å². The molecule has 2 amide bonds. The van der Waals surface area contributed by atoms with Crippen LogP contribution in [0.5, 0.6) is 5.75 Å². The fourth-order valence-corrected chi connectivity index (χ4v) is 3.43. The van der Waals surface area contributed by atoms with E-state index < -0.39 is 21.8 Å². The molecule has 132 valence electrons. The van der Waals surface area contributed by atoms with Gasteiger partial charge in [-0.3, -0.25) is 9.59 Å². The number of hydrogen-bond donors (Lipinski definition) is 2. The van der Waals surface area contributed by atoms with E-state index in [1.54, 1.807) is 24.3 Å². The van der Waals surface area contributed by atoms with Crippen molar-refractivity contribution in [3.05, 3.63) is 24.3 Å². The first-order valence-electron chi connectivity index (χ1n) is 7.53. The number of sulfonamides is 1. The van der Waals surface area contributed by atoms with E-state index in [4.69, 9.17) is 10.5 Å². The van der Waals surface area contributed by atoms with E-state index in [-0.39, 0.29) is 19.1 Å². The minimum atomic E-state index is -3.30. The Bertz CT molecular complexity index is 720. The van der Waals surface area contributed by atoms with Gasteiger partial charge in [0, 0.05) is 24.8 Å². The number of amides is 2. The summed E-state index contributed by atoms with van der Waals surface area (Å²) < 4.78 is 29.8. The molecule has 1 fully saturated rings. The molecule has 0 saturated carbocycles. The first kappa shape index (κ1) is 18.2. The van der Waals surface area contributed by atoms with E-state index in [9.17, 15) is 18.0 Å². The van der Waals surface area contributed by atoms with E-state index >= 15 is 0 Å². The van der Waals surface area contributed by atoms with Crippen molar-refractivity contribution in [2.45, 2.75) is 12.8 Å². The highest BCUT2D eigenvalue weighted by Gasteiger charge is 2.30. The summed E-state index contributed by atoms with van der Waals surface area (Å²) in [5, 5.41) is 2.76. The molecule has 0 aromatic heterocycles. The van der Waals surface area contributed by atoms with Crippen LogP contribution in [0, 0.1) is 5.92 Å². The largest absolute Gasteiger partial charge is 0.484 e. The van der Waals surface area contributed by atoms with Crippen molar-refractivity contribution in [2.75, 3.05) is 31.3 Å². The molecular formula is C15H21N3O5S. The van der Waals surface area contributed by atoms with Crippen LogP contribution in [0.15, 0.2) is 24.3 Å². The van der Waals surface area contributed by atoms with Crippen molar-refractivity contribution in [2.24, 2.45) is 11.7 Å². The van der Waals surface area contributed by atoms with Crippen LogP contribution >= 0.6 is 0 Å². The van der Waals surface area contributed by atoms with Crippen LogP contribution in [0.25, 0.3) is 0 Å². The summed E-state index contributed by atoms with van der Waals surface area (Å²) in [7, 11) is -3.30. The zero-order valence-corrected chi connectivity index (χ0v) is 14.2. The van der Waals surface area contributed by atoms with Crippen LogP contribution in [-0.4, -0.2) is 50.5 Å². The summed E-state index contributed by atoms with van der Waals surface area (Å²) in [6.07, 6.45) is 2.43. The lowest BCUT2D eigenvalue weighted by atomic mass is 9.98. The van der Waals surface area contributed by atoms with E-state index in [0.717, 1.165) is 6.26 Å². The van der Waals surface area contributed by atoms with Gasteiger partial charge in [0.1, 0.15) is 5.75 Å². The standard InChI is InChI=1S/C15H21N3O5S/c1-24(21,22)18-7-3-4-11(9-18)15(20)17-12-5-2-6-13(8-12)23-10-14(16)19/h2,5-6,8,11H,3-4,7,9-10H2,1H3,(H2,16,19)(H,17,20). The summed E-state index contributed by atoms with van der Waals surface area (Å²) in [6, 6.07) is 6.59. The van der Waals surface area contributed by atoms with Crippen molar-refractivity contribution in [3.63, 3.8) is 0 Å². The molecule has 0 spiro atoms. The Morgan fingerprint density at radius 2 is 2.17 bits per heavy atom. The number of rotatable bonds is 6. The van der Waals surface area contributed by atoms with Crippen LogP contribution in [0.1, 0.15) is 12.8 Å². The van der Waals surface area contributed by atoms with Gasteiger partial charge in [-0.1, -0.05) is 6.07 Å². The number of nitrogens with zero attached hydrogens (tertiary/aromatic N) is 1. The molecule has 1 aliphatic rings. The maximum absolute atomic E-state index is 12.4.